The Bertz CT molecular complexity index is 643. The van der Waals surface area contributed by atoms with Gasteiger partial charge in [0.25, 0.3) is 10.0 Å². The molecule has 0 spiro atoms. The number of carbonyl (C=O) groups is 1. The van der Waals surface area contributed by atoms with Gasteiger partial charge >= 0.3 is 0 Å². The highest BCUT2D eigenvalue weighted by Gasteiger charge is 2.47. The third-order valence-corrected chi connectivity index (χ3v) is 5.17. The second-order valence-electron chi connectivity index (χ2n) is 5.29. The minimum Gasteiger partial charge on any atom is -0.273 e. The molecule has 1 amide bonds. The molecule has 1 saturated carbocycles. The zero-order valence-corrected chi connectivity index (χ0v) is 12.3. The number of halogens is 2. The number of aromatic nitrogens is 1. The normalized spacial score (nSPS) is 17.3. The zero-order valence-electron chi connectivity index (χ0n) is 11.5. The predicted molar refractivity (Wildman–Crippen MR) is 71.2 cm³/mol. The number of alkyl halides is 2. The maximum absolute atomic E-state index is 12.6. The van der Waals surface area contributed by atoms with Crippen LogP contribution < -0.4 is 4.72 Å². The number of rotatable bonds is 5. The monoisotopic (exact) mass is 318 g/mol. The van der Waals surface area contributed by atoms with Crippen LogP contribution in [-0.4, -0.2) is 25.7 Å². The SMILES string of the molecule is Cc1cccnc1S(=O)(=O)NC(=O)C1(CC(F)F)CCC1. The fraction of sp³-hybridized carbons (Fsp3) is 0.538. The van der Waals surface area contributed by atoms with E-state index in [1.807, 2.05) is 4.72 Å². The Morgan fingerprint density at radius 1 is 1.48 bits per heavy atom. The first kappa shape index (κ1) is 15.8. The fourth-order valence-electron chi connectivity index (χ4n) is 2.45. The topological polar surface area (TPSA) is 76.1 Å². The summed E-state index contributed by atoms with van der Waals surface area (Å²) < 4.78 is 51.4. The standard InChI is InChI=1S/C13H16F2N2O3S/c1-9-4-2-7-16-11(9)21(19,20)17-12(18)13(5-3-6-13)8-10(14)15/h2,4,7,10H,3,5-6,8H2,1H3,(H,17,18). The molecule has 0 atom stereocenters. The molecule has 1 aromatic heterocycles. The van der Waals surface area contributed by atoms with Crippen LogP contribution in [0.4, 0.5) is 8.78 Å². The minimum atomic E-state index is -4.14. The molecular formula is C13H16F2N2O3S. The number of carbonyl (C=O) groups excluding carboxylic acids is 1. The Kier molecular flexibility index (Phi) is 4.27. The van der Waals surface area contributed by atoms with Crippen molar-refractivity contribution in [2.24, 2.45) is 5.41 Å². The second kappa shape index (κ2) is 5.67. The van der Waals surface area contributed by atoms with E-state index < -0.39 is 34.2 Å². The third-order valence-electron chi connectivity index (χ3n) is 3.78. The third kappa shape index (κ3) is 3.20. The van der Waals surface area contributed by atoms with Crippen LogP contribution in [0.15, 0.2) is 23.4 Å². The summed E-state index contributed by atoms with van der Waals surface area (Å²) in [5.74, 6) is -0.862. The van der Waals surface area contributed by atoms with Gasteiger partial charge in [0.15, 0.2) is 5.03 Å². The summed E-state index contributed by atoms with van der Waals surface area (Å²) in [6, 6.07) is 3.12. The quantitative estimate of drug-likeness (QED) is 0.901. The Labute approximate surface area is 121 Å². The van der Waals surface area contributed by atoms with Gasteiger partial charge in [-0.1, -0.05) is 12.5 Å². The Hall–Kier alpha value is -1.57. The summed E-state index contributed by atoms with van der Waals surface area (Å²) in [6.07, 6.45) is -0.766. The van der Waals surface area contributed by atoms with Crippen LogP contribution in [0.1, 0.15) is 31.2 Å². The lowest BCUT2D eigenvalue weighted by Crippen LogP contribution is -2.48. The van der Waals surface area contributed by atoms with Crippen molar-refractivity contribution in [2.75, 3.05) is 0 Å². The first-order valence-corrected chi connectivity index (χ1v) is 8.02. The highest BCUT2D eigenvalue weighted by Crippen LogP contribution is 2.45. The van der Waals surface area contributed by atoms with Crippen LogP contribution in [0.25, 0.3) is 0 Å². The van der Waals surface area contributed by atoms with Crippen molar-refractivity contribution in [2.45, 2.75) is 44.1 Å². The second-order valence-corrected chi connectivity index (χ2v) is 6.89. The summed E-state index contributed by atoms with van der Waals surface area (Å²) >= 11 is 0. The van der Waals surface area contributed by atoms with Crippen molar-refractivity contribution >= 4 is 15.9 Å². The lowest BCUT2D eigenvalue weighted by atomic mass is 9.66. The van der Waals surface area contributed by atoms with Gasteiger partial charge in [-0.2, -0.15) is 8.42 Å². The number of amides is 1. The highest BCUT2D eigenvalue weighted by molar-refractivity contribution is 7.90. The first-order chi connectivity index (χ1) is 9.77. The summed E-state index contributed by atoms with van der Waals surface area (Å²) in [4.78, 5) is 15.9. The summed E-state index contributed by atoms with van der Waals surface area (Å²) in [6.45, 7) is 1.55. The molecule has 0 unspecified atom stereocenters. The molecule has 0 bridgehead atoms. The molecular weight excluding hydrogens is 302 g/mol. The van der Waals surface area contributed by atoms with Gasteiger partial charge in [-0.25, -0.2) is 18.5 Å². The van der Waals surface area contributed by atoms with Gasteiger partial charge in [-0.3, -0.25) is 4.79 Å². The van der Waals surface area contributed by atoms with Crippen molar-refractivity contribution in [1.82, 2.24) is 9.71 Å². The number of hydrogen-bond donors (Lipinski definition) is 1. The summed E-state index contributed by atoms with van der Waals surface area (Å²) in [5.41, 5.74) is -0.890. The van der Waals surface area contributed by atoms with Crippen LogP contribution in [0, 0.1) is 12.3 Å². The average molecular weight is 318 g/mol. The van der Waals surface area contributed by atoms with E-state index in [0.717, 1.165) is 0 Å². The molecule has 0 radical (unpaired) electrons. The van der Waals surface area contributed by atoms with E-state index in [-0.39, 0.29) is 17.9 Å². The van der Waals surface area contributed by atoms with Crippen LogP contribution in [0.5, 0.6) is 0 Å². The molecule has 1 aromatic rings. The van der Waals surface area contributed by atoms with Crippen LogP contribution >= 0.6 is 0 Å². The van der Waals surface area contributed by atoms with E-state index in [4.69, 9.17) is 0 Å². The molecule has 8 heteroatoms. The van der Waals surface area contributed by atoms with E-state index in [9.17, 15) is 22.0 Å². The number of pyridine rings is 1. The van der Waals surface area contributed by atoms with E-state index in [0.29, 0.717) is 12.0 Å². The highest BCUT2D eigenvalue weighted by atomic mass is 32.2. The van der Waals surface area contributed by atoms with Gasteiger partial charge in [0, 0.05) is 12.6 Å². The molecule has 1 aliphatic carbocycles. The number of hydrogen-bond acceptors (Lipinski definition) is 4. The van der Waals surface area contributed by atoms with Gasteiger partial charge < -0.3 is 0 Å². The molecule has 2 rings (SSSR count). The van der Waals surface area contributed by atoms with Gasteiger partial charge in [-0.15, -0.1) is 0 Å². The molecule has 21 heavy (non-hydrogen) atoms. The van der Waals surface area contributed by atoms with Gasteiger partial charge in [0.2, 0.25) is 12.3 Å². The minimum absolute atomic E-state index is 0.259. The number of nitrogens with zero attached hydrogens (tertiary/aromatic N) is 1. The van der Waals surface area contributed by atoms with Crippen molar-refractivity contribution in [1.29, 1.82) is 0 Å². The van der Waals surface area contributed by atoms with Crippen molar-refractivity contribution < 1.29 is 22.0 Å². The molecule has 0 aliphatic heterocycles. The van der Waals surface area contributed by atoms with Gasteiger partial charge in [0.1, 0.15) is 0 Å². The number of nitrogens with one attached hydrogen (secondary N) is 1. The van der Waals surface area contributed by atoms with Crippen molar-refractivity contribution in [3.05, 3.63) is 23.9 Å². The average Bonchev–Trinajstić information content (AvgIpc) is 2.33. The zero-order chi connectivity index (χ0) is 15.7. The van der Waals surface area contributed by atoms with Crippen molar-refractivity contribution in [3.63, 3.8) is 0 Å². The molecule has 1 heterocycles. The van der Waals surface area contributed by atoms with Crippen molar-refractivity contribution in [3.8, 4) is 0 Å². The summed E-state index contributed by atoms with van der Waals surface area (Å²) in [7, 11) is -4.14. The van der Waals surface area contributed by atoms with Crippen LogP contribution in [0.2, 0.25) is 0 Å². The molecule has 1 fully saturated rings. The largest absolute Gasteiger partial charge is 0.281 e. The lowest BCUT2D eigenvalue weighted by Gasteiger charge is -2.39. The maximum atomic E-state index is 12.6. The van der Waals surface area contributed by atoms with Gasteiger partial charge in [0.05, 0.1) is 5.41 Å². The number of sulfonamides is 1. The summed E-state index contributed by atoms with van der Waals surface area (Å²) in [5, 5.41) is -0.259. The molecule has 0 saturated heterocycles. The smallest absolute Gasteiger partial charge is 0.273 e. The van der Waals surface area contributed by atoms with E-state index in [2.05, 4.69) is 4.98 Å². The molecule has 1 N–H and O–H groups in total. The Morgan fingerprint density at radius 2 is 2.14 bits per heavy atom. The Morgan fingerprint density at radius 3 is 2.62 bits per heavy atom. The lowest BCUT2D eigenvalue weighted by molar-refractivity contribution is -0.137. The molecule has 1 aliphatic rings. The fourth-order valence-corrected chi connectivity index (χ4v) is 3.70. The molecule has 116 valence electrons. The number of aryl methyl sites for hydroxylation is 1. The first-order valence-electron chi connectivity index (χ1n) is 6.54. The van der Waals surface area contributed by atoms with E-state index >= 15 is 0 Å². The van der Waals surface area contributed by atoms with Gasteiger partial charge in [-0.05, 0) is 31.4 Å². The molecule has 0 aromatic carbocycles. The van der Waals surface area contributed by atoms with E-state index in [1.54, 1.807) is 19.1 Å². The Balaban J connectivity index is 2.21. The van der Waals surface area contributed by atoms with Crippen LogP contribution in [0.3, 0.4) is 0 Å². The van der Waals surface area contributed by atoms with E-state index in [1.165, 1.54) is 6.20 Å². The maximum Gasteiger partial charge on any atom is 0.281 e. The molecule has 5 nitrogen and oxygen atoms in total. The van der Waals surface area contributed by atoms with Crippen LogP contribution in [-0.2, 0) is 14.8 Å². The predicted octanol–water partition coefficient (Wildman–Crippen LogP) is 2.02.